The number of halogens is 5. The van der Waals surface area contributed by atoms with Crippen molar-refractivity contribution in [1.29, 1.82) is 0 Å². The van der Waals surface area contributed by atoms with Crippen molar-refractivity contribution in [2.45, 2.75) is 4.90 Å². The van der Waals surface area contributed by atoms with Gasteiger partial charge in [-0.3, -0.25) is 4.72 Å². The van der Waals surface area contributed by atoms with Crippen LogP contribution in [0.3, 0.4) is 0 Å². The molecule has 0 amide bonds. The Morgan fingerprint density at radius 3 is 1.81 bits per heavy atom. The van der Waals surface area contributed by atoms with Gasteiger partial charge < -0.3 is 14.2 Å². The number of ether oxygens (including phenoxy) is 3. The number of hydrogen-bond acceptors (Lipinski definition) is 5. The number of methoxy groups -OCH3 is 2. The fourth-order valence-corrected chi connectivity index (χ4v) is 3.81. The molecule has 0 unspecified atom stereocenters. The molecule has 0 radical (unpaired) electrons. The number of rotatable bonds is 7. The van der Waals surface area contributed by atoms with Gasteiger partial charge in [0.2, 0.25) is 17.4 Å². The maximum Gasteiger partial charge on any atom is 0.267 e. The first-order valence-electron chi connectivity index (χ1n) is 8.63. The highest BCUT2D eigenvalue weighted by molar-refractivity contribution is 7.92. The van der Waals surface area contributed by atoms with E-state index in [0.717, 1.165) is 19.2 Å². The molecule has 0 heterocycles. The predicted molar refractivity (Wildman–Crippen MR) is 103 cm³/mol. The van der Waals surface area contributed by atoms with Gasteiger partial charge in [0.25, 0.3) is 10.0 Å². The smallest absolute Gasteiger partial charge is 0.267 e. The van der Waals surface area contributed by atoms with Gasteiger partial charge in [0.05, 0.1) is 19.9 Å². The highest BCUT2D eigenvalue weighted by Crippen LogP contribution is 2.36. The molecule has 12 heteroatoms. The first kappa shape index (κ1) is 23.1. The van der Waals surface area contributed by atoms with Crippen LogP contribution < -0.4 is 18.9 Å². The first-order chi connectivity index (χ1) is 15.1. The Balaban J connectivity index is 2.00. The van der Waals surface area contributed by atoms with E-state index in [2.05, 4.69) is 4.74 Å². The van der Waals surface area contributed by atoms with Gasteiger partial charge in [0.1, 0.15) is 11.5 Å². The third kappa shape index (κ3) is 4.40. The highest BCUT2D eigenvalue weighted by atomic mass is 32.2. The summed E-state index contributed by atoms with van der Waals surface area (Å²) in [5, 5.41) is 0. The molecule has 0 aliphatic rings. The second-order valence-electron chi connectivity index (χ2n) is 6.15. The summed E-state index contributed by atoms with van der Waals surface area (Å²) in [7, 11) is -2.68. The third-order valence-corrected chi connectivity index (χ3v) is 5.54. The summed E-state index contributed by atoms with van der Waals surface area (Å²) in [6, 6.07) is 7.83. The average molecular weight is 475 g/mol. The largest absolute Gasteiger partial charge is 0.497 e. The molecular weight excluding hydrogens is 461 g/mol. The van der Waals surface area contributed by atoms with Gasteiger partial charge in [-0.15, -0.1) is 0 Å². The van der Waals surface area contributed by atoms with Crippen LogP contribution in [-0.2, 0) is 10.0 Å². The number of hydrogen-bond donors (Lipinski definition) is 1. The van der Waals surface area contributed by atoms with Crippen LogP contribution in [0.25, 0.3) is 0 Å². The monoisotopic (exact) mass is 475 g/mol. The molecule has 0 fully saturated rings. The molecule has 0 aliphatic carbocycles. The van der Waals surface area contributed by atoms with E-state index < -0.39 is 55.4 Å². The summed E-state index contributed by atoms with van der Waals surface area (Å²) in [6.07, 6.45) is 0. The van der Waals surface area contributed by atoms with Crippen LogP contribution in [0.15, 0.2) is 47.4 Å². The lowest BCUT2D eigenvalue weighted by Crippen LogP contribution is -2.19. The van der Waals surface area contributed by atoms with E-state index in [-0.39, 0.29) is 11.5 Å². The number of nitrogens with one attached hydrogen (secondary N) is 1. The van der Waals surface area contributed by atoms with Crippen LogP contribution in [0.1, 0.15) is 0 Å². The Bertz CT molecular complexity index is 1240. The zero-order valence-electron chi connectivity index (χ0n) is 16.4. The van der Waals surface area contributed by atoms with Crippen molar-refractivity contribution in [2.24, 2.45) is 0 Å². The molecule has 32 heavy (non-hydrogen) atoms. The minimum Gasteiger partial charge on any atom is -0.497 e. The lowest BCUT2D eigenvalue weighted by atomic mass is 10.2. The van der Waals surface area contributed by atoms with Gasteiger partial charge in [-0.2, -0.15) is 8.78 Å². The van der Waals surface area contributed by atoms with Crippen molar-refractivity contribution in [3.63, 3.8) is 0 Å². The molecule has 0 aromatic heterocycles. The van der Waals surface area contributed by atoms with E-state index in [4.69, 9.17) is 9.47 Å². The van der Waals surface area contributed by atoms with Gasteiger partial charge in [-0.1, -0.05) is 0 Å². The fourth-order valence-electron chi connectivity index (χ4n) is 2.61. The standard InChI is InChI=1S/C20H14F5NO5S/c1-29-11-4-6-12(7-5-11)31-19-15(22)17(24)20(18(25)16(19)23)32(27,28)26-10-3-8-14(30-2)13(21)9-10/h3-9,26H,1-2H3. The van der Waals surface area contributed by atoms with Crippen molar-refractivity contribution in [3.05, 3.63) is 71.6 Å². The molecular formula is C20H14F5NO5S. The Morgan fingerprint density at radius 2 is 1.31 bits per heavy atom. The Kier molecular flexibility index (Phi) is 6.44. The molecule has 0 aliphatic heterocycles. The van der Waals surface area contributed by atoms with Crippen molar-refractivity contribution in [2.75, 3.05) is 18.9 Å². The zero-order chi connectivity index (χ0) is 23.6. The van der Waals surface area contributed by atoms with Crippen LogP contribution in [0.5, 0.6) is 23.0 Å². The SMILES string of the molecule is COc1ccc(Oc2c(F)c(F)c(S(=O)(=O)Nc3ccc(OC)c(F)c3)c(F)c2F)cc1. The van der Waals surface area contributed by atoms with Crippen LogP contribution in [0, 0.1) is 29.1 Å². The molecule has 0 saturated heterocycles. The van der Waals surface area contributed by atoms with Crippen LogP contribution in [0.4, 0.5) is 27.6 Å². The van der Waals surface area contributed by atoms with Gasteiger partial charge in [0.15, 0.2) is 28.1 Å². The molecule has 3 aromatic carbocycles. The zero-order valence-corrected chi connectivity index (χ0v) is 17.2. The van der Waals surface area contributed by atoms with Gasteiger partial charge in [0, 0.05) is 6.07 Å². The minimum absolute atomic E-state index is 0.204. The summed E-state index contributed by atoms with van der Waals surface area (Å²) < 4.78 is 113. The van der Waals surface area contributed by atoms with Crippen molar-refractivity contribution >= 4 is 15.7 Å². The van der Waals surface area contributed by atoms with Crippen LogP contribution in [0.2, 0.25) is 0 Å². The minimum atomic E-state index is -5.21. The van der Waals surface area contributed by atoms with Gasteiger partial charge in [-0.25, -0.2) is 21.6 Å². The highest BCUT2D eigenvalue weighted by Gasteiger charge is 2.34. The Labute approximate surface area is 179 Å². The lowest BCUT2D eigenvalue weighted by molar-refractivity contribution is 0.350. The van der Waals surface area contributed by atoms with Crippen LogP contribution in [-0.4, -0.2) is 22.6 Å². The topological polar surface area (TPSA) is 73.9 Å². The predicted octanol–water partition coefficient (Wildman–Crippen LogP) is 4.99. The van der Waals surface area contributed by atoms with E-state index in [9.17, 15) is 30.4 Å². The summed E-state index contributed by atoms with van der Waals surface area (Å²) in [5.41, 5.74) is -0.471. The Hall–Kier alpha value is -3.54. The third-order valence-electron chi connectivity index (χ3n) is 4.13. The maximum absolute atomic E-state index is 14.5. The summed E-state index contributed by atoms with van der Waals surface area (Å²) in [6.45, 7) is 0. The molecule has 6 nitrogen and oxygen atoms in total. The number of anilines is 1. The van der Waals surface area contributed by atoms with Crippen LogP contribution >= 0.6 is 0 Å². The summed E-state index contributed by atoms with van der Waals surface area (Å²) in [4.78, 5) is -1.94. The lowest BCUT2D eigenvalue weighted by Gasteiger charge is -2.14. The molecule has 3 rings (SSSR count). The van der Waals surface area contributed by atoms with Crippen molar-refractivity contribution in [1.82, 2.24) is 0 Å². The van der Waals surface area contributed by atoms with E-state index in [0.29, 0.717) is 11.8 Å². The van der Waals surface area contributed by atoms with Gasteiger partial charge >= 0.3 is 0 Å². The summed E-state index contributed by atoms with van der Waals surface area (Å²) in [5.74, 6) is -11.2. The summed E-state index contributed by atoms with van der Waals surface area (Å²) >= 11 is 0. The second-order valence-corrected chi connectivity index (χ2v) is 7.77. The van der Waals surface area contributed by atoms with E-state index in [1.807, 2.05) is 0 Å². The van der Waals surface area contributed by atoms with E-state index in [1.54, 1.807) is 4.72 Å². The molecule has 0 spiro atoms. The fraction of sp³-hybridized carbons (Fsp3) is 0.100. The molecule has 3 aromatic rings. The van der Waals surface area contributed by atoms with E-state index in [1.165, 1.54) is 31.4 Å². The van der Waals surface area contributed by atoms with Crippen molar-refractivity contribution < 1.29 is 44.6 Å². The molecule has 0 saturated carbocycles. The average Bonchev–Trinajstić information content (AvgIpc) is 2.75. The van der Waals surface area contributed by atoms with Crippen molar-refractivity contribution in [3.8, 4) is 23.0 Å². The molecule has 0 atom stereocenters. The maximum atomic E-state index is 14.5. The van der Waals surface area contributed by atoms with Gasteiger partial charge in [-0.05, 0) is 36.4 Å². The number of benzene rings is 3. The normalized spacial score (nSPS) is 11.2. The molecule has 170 valence electrons. The number of sulfonamides is 1. The quantitative estimate of drug-likeness (QED) is 0.385. The Morgan fingerprint density at radius 1 is 0.750 bits per heavy atom. The van der Waals surface area contributed by atoms with E-state index >= 15 is 0 Å². The first-order valence-corrected chi connectivity index (χ1v) is 10.1. The molecule has 1 N–H and O–H groups in total. The molecule has 0 bridgehead atoms. The second kappa shape index (κ2) is 8.91.